The summed E-state index contributed by atoms with van der Waals surface area (Å²) in [7, 11) is -1.42. The highest BCUT2D eigenvalue weighted by molar-refractivity contribution is 5.94. The molecular formula is C4H8O3Si. The summed E-state index contributed by atoms with van der Waals surface area (Å²) >= 11 is 0. The van der Waals surface area contributed by atoms with Crippen LogP contribution in [0, 0.1) is 0 Å². The smallest absolute Gasteiger partial charge is 0.381 e. The van der Waals surface area contributed by atoms with E-state index in [2.05, 4.69) is 0 Å². The van der Waals surface area contributed by atoms with E-state index in [1.165, 1.54) is 12.8 Å². The average Bonchev–Trinajstić information content (AvgIpc) is 2.17. The first kappa shape index (κ1) is 7.78. The van der Waals surface area contributed by atoms with E-state index >= 15 is 0 Å². The van der Waals surface area contributed by atoms with E-state index in [9.17, 15) is 0 Å². The van der Waals surface area contributed by atoms with Crippen molar-refractivity contribution in [1.29, 1.82) is 0 Å². The van der Waals surface area contributed by atoms with Crippen LogP contribution in [0.4, 0.5) is 0 Å². The van der Waals surface area contributed by atoms with Crippen LogP contribution in [0.15, 0.2) is 0 Å². The monoisotopic (exact) mass is 132 g/mol. The van der Waals surface area contributed by atoms with Gasteiger partial charge in [0.2, 0.25) is 0 Å². The second-order valence-corrected chi connectivity index (χ2v) is 1.57. The van der Waals surface area contributed by atoms with Crippen LogP contribution in [0.2, 0.25) is 0 Å². The summed E-state index contributed by atoms with van der Waals surface area (Å²) in [6.07, 6.45) is 2.56. The third kappa shape index (κ3) is 5.78. The lowest BCUT2D eigenvalue weighted by atomic mass is 10.4. The van der Waals surface area contributed by atoms with Gasteiger partial charge in [-0.05, 0) is 12.8 Å². The maximum Gasteiger partial charge on any atom is 0.549 e. The summed E-state index contributed by atoms with van der Waals surface area (Å²) in [5.74, 6) is 0. The highest BCUT2D eigenvalue weighted by Gasteiger charge is 1.94. The Morgan fingerprint density at radius 3 is 1.62 bits per heavy atom. The number of hydrogen-bond donors (Lipinski definition) is 0. The van der Waals surface area contributed by atoms with Gasteiger partial charge in [-0.15, -0.1) is 0 Å². The standard InChI is InChI=1S/C4H8O.O2Si/c1-2-4-5-3-1;1-3-2/h1-4H2;. The van der Waals surface area contributed by atoms with Crippen LogP contribution in [-0.4, -0.2) is 22.5 Å². The highest BCUT2D eigenvalue weighted by atomic mass is 28.2. The van der Waals surface area contributed by atoms with Gasteiger partial charge < -0.3 is 4.74 Å². The Kier molecular flexibility index (Phi) is 6.59. The Morgan fingerprint density at radius 1 is 1.12 bits per heavy atom. The summed E-state index contributed by atoms with van der Waals surface area (Å²) in [6.45, 7) is 2.00. The molecule has 0 spiro atoms. The van der Waals surface area contributed by atoms with Crippen molar-refractivity contribution in [2.75, 3.05) is 13.2 Å². The third-order valence-electron chi connectivity index (χ3n) is 0.827. The molecule has 0 aromatic carbocycles. The fraction of sp³-hybridized carbons (Fsp3) is 1.00. The van der Waals surface area contributed by atoms with E-state index in [1.54, 1.807) is 0 Å². The van der Waals surface area contributed by atoms with Gasteiger partial charge in [-0.2, -0.15) is 0 Å². The molecule has 0 aliphatic carbocycles. The number of hydrogen-bond acceptors (Lipinski definition) is 3. The largest absolute Gasteiger partial charge is 0.549 e. The Bertz CT molecular complexity index is 65.7. The number of rotatable bonds is 0. The van der Waals surface area contributed by atoms with Gasteiger partial charge >= 0.3 is 9.29 Å². The molecule has 0 saturated carbocycles. The molecule has 0 aromatic heterocycles. The Labute approximate surface area is 50.0 Å². The van der Waals surface area contributed by atoms with Crippen molar-refractivity contribution in [2.45, 2.75) is 12.8 Å². The maximum atomic E-state index is 8.40. The molecule has 0 aromatic rings. The second-order valence-electron chi connectivity index (χ2n) is 1.40. The topological polar surface area (TPSA) is 43.4 Å². The fourth-order valence-electron chi connectivity index (χ4n) is 0.510. The molecule has 46 valence electrons. The zero-order chi connectivity index (χ0) is 6.24. The molecule has 1 aliphatic heterocycles. The lowest BCUT2D eigenvalue weighted by molar-refractivity contribution is 0.198. The Morgan fingerprint density at radius 2 is 1.50 bits per heavy atom. The van der Waals surface area contributed by atoms with E-state index in [4.69, 9.17) is 13.7 Å². The summed E-state index contributed by atoms with van der Waals surface area (Å²) in [5.41, 5.74) is 0. The van der Waals surface area contributed by atoms with Crippen molar-refractivity contribution in [1.82, 2.24) is 0 Å². The average molecular weight is 132 g/mol. The Hall–Kier alpha value is -0.223. The fourth-order valence-corrected chi connectivity index (χ4v) is 0.510. The van der Waals surface area contributed by atoms with E-state index in [0.29, 0.717) is 0 Å². The molecule has 1 rings (SSSR count). The summed E-state index contributed by atoms with van der Waals surface area (Å²) in [4.78, 5) is 0. The molecule has 0 amide bonds. The second kappa shape index (κ2) is 6.78. The van der Waals surface area contributed by atoms with Gasteiger partial charge in [0.15, 0.2) is 0 Å². The van der Waals surface area contributed by atoms with Crippen molar-refractivity contribution < 1.29 is 13.7 Å². The summed E-state index contributed by atoms with van der Waals surface area (Å²) in [5, 5.41) is 0. The minimum atomic E-state index is -1.42. The maximum absolute atomic E-state index is 8.40. The van der Waals surface area contributed by atoms with Crippen LogP contribution < -0.4 is 0 Å². The molecule has 0 bridgehead atoms. The molecule has 1 aliphatic rings. The van der Waals surface area contributed by atoms with E-state index < -0.39 is 9.29 Å². The molecule has 1 fully saturated rings. The van der Waals surface area contributed by atoms with Crippen LogP contribution in [0.1, 0.15) is 12.8 Å². The van der Waals surface area contributed by atoms with Crippen molar-refractivity contribution in [3.05, 3.63) is 0 Å². The predicted octanol–water partition coefficient (Wildman–Crippen LogP) is 0.178. The van der Waals surface area contributed by atoms with E-state index in [1.807, 2.05) is 0 Å². The zero-order valence-electron chi connectivity index (χ0n) is 4.55. The van der Waals surface area contributed by atoms with E-state index in [0.717, 1.165) is 13.2 Å². The first-order valence-corrected chi connectivity index (χ1v) is 3.30. The summed E-state index contributed by atoms with van der Waals surface area (Å²) < 4.78 is 21.8. The normalized spacial score (nSPS) is 16.0. The van der Waals surface area contributed by atoms with Crippen LogP contribution in [-0.2, 0) is 13.7 Å². The van der Waals surface area contributed by atoms with Gasteiger partial charge in [0.1, 0.15) is 0 Å². The van der Waals surface area contributed by atoms with Crippen molar-refractivity contribution >= 4 is 9.29 Å². The zero-order valence-corrected chi connectivity index (χ0v) is 5.55. The van der Waals surface area contributed by atoms with Crippen LogP contribution >= 0.6 is 0 Å². The van der Waals surface area contributed by atoms with Crippen molar-refractivity contribution in [2.24, 2.45) is 0 Å². The minimum Gasteiger partial charge on any atom is -0.381 e. The molecule has 3 nitrogen and oxygen atoms in total. The van der Waals surface area contributed by atoms with Crippen LogP contribution in [0.5, 0.6) is 0 Å². The van der Waals surface area contributed by atoms with Gasteiger partial charge in [0, 0.05) is 13.2 Å². The SMILES string of the molecule is C1CCOC1.O=[Si]=O. The minimum absolute atomic E-state index is 1.00. The molecule has 1 heterocycles. The van der Waals surface area contributed by atoms with Gasteiger partial charge in [-0.1, -0.05) is 0 Å². The molecule has 4 heteroatoms. The van der Waals surface area contributed by atoms with Gasteiger partial charge in [-0.3, -0.25) is 8.92 Å². The van der Waals surface area contributed by atoms with Gasteiger partial charge in [-0.25, -0.2) is 0 Å². The molecule has 0 atom stereocenters. The lowest BCUT2D eigenvalue weighted by Gasteiger charge is -1.76. The molecule has 8 heavy (non-hydrogen) atoms. The van der Waals surface area contributed by atoms with Gasteiger partial charge in [0.05, 0.1) is 0 Å². The lowest BCUT2D eigenvalue weighted by Crippen LogP contribution is -1.74. The molecule has 1 saturated heterocycles. The predicted molar refractivity (Wildman–Crippen MR) is 27.2 cm³/mol. The first-order valence-electron chi connectivity index (χ1n) is 2.49. The van der Waals surface area contributed by atoms with Crippen LogP contribution in [0.3, 0.4) is 0 Å². The quantitative estimate of drug-likeness (QED) is 0.441. The van der Waals surface area contributed by atoms with Crippen molar-refractivity contribution in [3.8, 4) is 0 Å². The molecule has 0 unspecified atom stereocenters. The van der Waals surface area contributed by atoms with Crippen molar-refractivity contribution in [3.63, 3.8) is 0 Å². The highest BCUT2D eigenvalue weighted by Crippen LogP contribution is 1.98. The number of ether oxygens (including phenoxy) is 1. The molecular weight excluding hydrogens is 124 g/mol. The first-order chi connectivity index (χ1) is 3.91. The van der Waals surface area contributed by atoms with Crippen LogP contribution in [0.25, 0.3) is 0 Å². The van der Waals surface area contributed by atoms with Gasteiger partial charge in [0.25, 0.3) is 0 Å². The molecule has 0 N–H and O–H groups in total. The molecule has 0 radical (unpaired) electrons. The van der Waals surface area contributed by atoms with E-state index in [-0.39, 0.29) is 0 Å². The Balaban J connectivity index is 0.000000145. The summed E-state index contributed by atoms with van der Waals surface area (Å²) in [6, 6.07) is 0. The third-order valence-corrected chi connectivity index (χ3v) is 0.827.